The molecular weight excluding hydrogens is 188 g/mol. The Balaban J connectivity index is 3.70. The van der Waals surface area contributed by atoms with Crippen LogP contribution < -0.4 is 10.6 Å². The maximum absolute atomic E-state index is 10.8. The minimum atomic E-state index is -0.215. The maximum atomic E-state index is 10.8. The van der Waals surface area contributed by atoms with E-state index in [1.54, 1.807) is 6.92 Å². The van der Waals surface area contributed by atoms with E-state index in [1.807, 2.05) is 0 Å². The molecule has 5 heteroatoms. The van der Waals surface area contributed by atoms with Crippen LogP contribution in [0.5, 0.6) is 0 Å². The number of amides is 1. The van der Waals surface area contributed by atoms with Gasteiger partial charge in [-0.05, 0) is 19.1 Å². The third-order valence-electron chi connectivity index (χ3n) is 1.55. The number of ketones is 1. The van der Waals surface area contributed by atoms with Crippen molar-refractivity contribution in [3.8, 4) is 0 Å². The first-order chi connectivity index (χ1) is 5.93. The van der Waals surface area contributed by atoms with Crippen LogP contribution in [0.4, 0.5) is 0 Å². The molecule has 0 aliphatic rings. The van der Waals surface area contributed by atoms with Crippen LogP contribution in [0.3, 0.4) is 0 Å². The van der Waals surface area contributed by atoms with Crippen molar-refractivity contribution in [3.05, 3.63) is 0 Å². The molecule has 0 rings (SSSR count). The fourth-order valence-corrected chi connectivity index (χ4v) is 0.821. The lowest BCUT2D eigenvalue weighted by molar-refractivity contribution is -0.120. The van der Waals surface area contributed by atoms with E-state index in [0.717, 1.165) is 0 Å². The summed E-state index contributed by atoms with van der Waals surface area (Å²) in [7, 11) is 0. The number of rotatable bonds is 3. The van der Waals surface area contributed by atoms with Crippen LogP contribution in [0, 0.1) is 5.92 Å². The summed E-state index contributed by atoms with van der Waals surface area (Å²) in [6, 6.07) is 0. The second-order valence-electron chi connectivity index (χ2n) is 2.90. The molecule has 4 nitrogen and oxygen atoms in total. The molecule has 13 heavy (non-hydrogen) atoms. The fraction of sp³-hybridized carbons (Fsp3) is 0.625. The molecule has 1 atom stereocenters. The van der Waals surface area contributed by atoms with Crippen LogP contribution >= 0.6 is 12.2 Å². The molecule has 0 aromatic carbocycles. The number of nitrogens with one attached hydrogen (secondary N) is 2. The van der Waals surface area contributed by atoms with Gasteiger partial charge in [-0.25, -0.2) is 0 Å². The van der Waals surface area contributed by atoms with Gasteiger partial charge in [0.25, 0.3) is 0 Å². The molecule has 0 saturated heterocycles. The smallest absolute Gasteiger partial charge is 0.222 e. The lowest BCUT2D eigenvalue weighted by Crippen LogP contribution is -2.40. The summed E-state index contributed by atoms with van der Waals surface area (Å²) in [5.41, 5.74) is 0. The minimum absolute atomic E-state index is 0.0910. The molecule has 0 saturated carbocycles. The van der Waals surface area contributed by atoms with Gasteiger partial charge in [-0.1, -0.05) is 6.92 Å². The Labute approximate surface area is 83.1 Å². The average molecular weight is 202 g/mol. The van der Waals surface area contributed by atoms with Crippen LogP contribution in [0.2, 0.25) is 0 Å². The van der Waals surface area contributed by atoms with E-state index in [4.69, 9.17) is 12.2 Å². The Bertz CT molecular complexity index is 228. The highest BCUT2D eigenvalue weighted by Crippen LogP contribution is 1.92. The predicted molar refractivity (Wildman–Crippen MR) is 54.3 cm³/mol. The van der Waals surface area contributed by atoms with Crippen molar-refractivity contribution in [2.75, 3.05) is 6.54 Å². The molecule has 74 valence electrons. The highest BCUT2D eigenvalue weighted by Gasteiger charge is 2.07. The van der Waals surface area contributed by atoms with Gasteiger partial charge in [0.05, 0.1) is 0 Å². The first-order valence-electron chi connectivity index (χ1n) is 3.99. The van der Waals surface area contributed by atoms with Gasteiger partial charge < -0.3 is 10.6 Å². The van der Waals surface area contributed by atoms with E-state index >= 15 is 0 Å². The van der Waals surface area contributed by atoms with Crippen molar-refractivity contribution in [1.29, 1.82) is 0 Å². The first kappa shape index (κ1) is 12.0. The monoisotopic (exact) mass is 202 g/mol. The van der Waals surface area contributed by atoms with Crippen molar-refractivity contribution in [1.82, 2.24) is 10.6 Å². The number of thiocarbonyl (C=S) groups is 1. The molecule has 1 amide bonds. The van der Waals surface area contributed by atoms with Crippen LogP contribution in [0.25, 0.3) is 0 Å². The van der Waals surface area contributed by atoms with E-state index in [0.29, 0.717) is 6.54 Å². The van der Waals surface area contributed by atoms with Crippen molar-refractivity contribution in [2.24, 2.45) is 5.92 Å². The summed E-state index contributed by atoms with van der Waals surface area (Å²) in [6.07, 6.45) is 0. The number of carbonyl (C=O) groups is 2. The van der Waals surface area contributed by atoms with Crippen LogP contribution in [0.1, 0.15) is 20.8 Å². The molecule has 0 fully saturated rings. The molecule has 0 aromatic heterocycles. The molecule has 0 heterocycles. The van der Waals surface area contributed by atoms with E-state index in [-0.39, 0.29) is 22.7 Å². The Hall–Kier alpha value is -0.970. The topological polar surface area (TPSA) is 58.2 Å². The Kier molecular flexibility index (Phi) is 5.22. The molecule has 0 spiro atoms. The van der Waals surface area contributed by atoms with Gasteiger partial charge in [0.1, 0.15) is 5.78 Å². The summed E-state index contributed by atoms with van der Waals surface area (Å²) < 4.78 is 0. The summed E-state index contributed by atoms with van der Waals surface area (Å²) in [5, 5.41) is 5.45. The molecule has 2 N–H and O–H groups in total. The second kappa shape index (κ2) is 5.64. The van der Waals surface area contributed by atoms with Crippen LogP contribution in [0.15, 0.2) is 0 Å². The molecule has 0 bridgehead atoms. The standard InChI is InChI=1S/C8H14N2O2S/c1-5(6(2)11)4-9-8(13)10-7(3)12/h5H,4H2,1-3H3,(H2,9,10,12,13). The average Bonchev–Trinajstić information content (AvgIpc) is 1.98. The molecule has 0 aliphatic heterocycles. The van der Waals surface area contributed by atoms with Gasteiger partial charge in [0.2, 0.25) is 5.91 Å². The third-order valence-corrected chi connectivity index (χ3v) is 1.80. The summed E-state index contributed by atoms with van der Waals surface area (Å²) in [5.74, 6) is -0.210. The van der Waals surface area contributed by atoms with Gasteiger partial charge in [-0.3, -0.25) is 9.59 Å². The van der Waals surface area contributed by atoms with E-state index in [2.05, 4.69) is 10.6 Å². The molecule has 0 aliphatic carbocycles. The maximum Gasteiger partial charge on any atom is 0.222 e. The third kappa shape index (κ3) is 6.21. The zero-order valence-electron chi connectivity index (χ0n) is 8.01. The molecule has 1 unspecified atom stereocenters. The number of hydrogen-bond acceptors (Lipinski definition) is 3. The van der Waals surface area contributed by atoms with Crippen molar-refractivity contribution < 1.29 is 9.59 Å². The summed E-state index contributed by atoms with van der Waals surface area (Å²) >= 11 is 4.78. The fourth-order valence-electron chi connectivity index (χ4n) is 0.594. The van der Waals surface area contributed by atoms with E-state index in [9.17, 15) is 9.59 Å². The quantitative estimate of drug-likeness (QED) is 0.643. The Morgan fingerprint density at radius 1 is 1.38 bits per heavy atom. The van der Waals surface area contributed by atoms with E-state index < -0.39 is 0 Å². The lowest BCUT2D eigenvalue weighted by atomic mass is 10.1. The summed E-state index contributed by atoms with van der Waals surface area (Å²) in [6.45, 7) is 5.15. The predicted octanol–water partition coefficient (Wildman–Crippen LogP) is 0.222. The van der Waals surface area contributed by atoms with Gasteiger partial charge in [-0.2, -0.15) is 0 Å². The second-order valence-corrected chi connectivity index (χ2v) is 3.31. The molecule has 0 aromatic rings. The van der Waals surface area contributed by atoms with Crippen molar-refractivity contribution in [3.63, 3.8) is 0 Å². The van der Waals surface area contributed by atoms with Crippen LogP contribution in [-0.2, 0) is 9.59 Å². The minimum Gasteiger partial charge on any atom is -0.362 e. The van der Waals surface area contributed by atoms with Crippen molar-refractivity contribution >= 4 is 29.0 Å². The normalized spacial score (nSPS) is 11.6. The highest BCUT2D eigenvalue weighted by molar-refractivity contribution is 7.80. The molecule has 0 radical (unpaired) electrons. The Morgan fingerprint density at radius 3 is 2.31 bits per heavy atom. The largest absolute Gasteiger partial charge is 0.362 e. The van der Waals surface area contributed by atoms with Crippen LogP contribution in [-0.4, -0.2) is 23.3 Å². The Morgan fingerprint density at radius 2 is 1.92 bits per heavy atom. The first-order valence-corrected chi connectivity index (χ1v) is 4.40. The summed E-state index contributed by atoms with van der Waals surface area (Å²) in [4.78, 5) is 21.3. The van der Waals surface area contributed by atoms with Gasteiger partial charge in [-0.15, -0.1) is 0 Å². The zero-order valence-corrected chi connectivity index (χ0v) is 8.83. The SMILES string of the molecule is CC(=O)NC(=S)NCC(C)C(C)=O. The zero-order chi connectivity index (χ0) is 10.4. The highest BCUT2D eigenvalue weighted by atomic mass is 32.1. The lowest BCUT2D eigenvalue weighted by Gasteiger charge is -2.11. The van der Waals surface area contributed by atoms with Crippen molar-refractivity contribution in [2.45, 2.75) is 20.8 Å². The van der Waals surface area contributed by atoms with E-state index in [1.165, 1.54) is 13.8 Å². The number of hydrogen-bond donors (Lipinski definition) is 2. The van der Waals surface area contributed by atoms with Gasteiger partial charge in [0, 0.05) is 19.4 Å². The van der Waals surface area contributed by atoms with Gasteiger partial charge in [0.15, 0.2) is 5.11 Å². The number of Topliss-reactive ketones (excluding diaryl/α,β-unsaturated/α-hetero) is 1. The van der Waals surface area contributed by atoms with Gasteiger partial charge >= 0.3 is 0 Å². The number of carbonyl (C=O) groups excluding carboxylic acids is 2. The molecular formula is C8H14N2O2S.